The Morgan fingerprint density at radius 3 is 2.69 bits per heavy atom. The van der Waals surface area contributed by atoms with Crippen LogP contribution in [0.2, 0.25) is 10.2 Å². The minimum atomic E-state index is 0.413. The number of hydrogen-bond donors (Lipinski definition) is 0. The summed E-state index contributed by atoms with van der Waals surface area (Å²) >= 11 is 15.1. The molecule has 0 saturated carbocycles. The molecular weight excluding hydrogens is 273 g/mol. The van der Waals surface area contributed by atoms with Crippen LogP contribution in [0.15, 0.2) is 28.7 Å². The highest BCUT2D eigenvalue weighted by Gasteiger charge is 2.02. The first-order valence-corrected chi connectivity index (χ1v) is 5.13. The maximum Gasteiger partial charge on any atom is 0.131 e. The maximum absolute atomic E-state index is 5.97. The molecule has 0 radical (unpaired) electrons. The molecule has 0 unspecified atom stereocenters. The van der Waals surface area contributed by atoms with Crippen molar-refractivity contribution < 1.29 is 0 Å². The van der Waals surface area contributed by atoms with E-state index in [4.69, 9.17) is 23.2 Å². The number of aromatic nitrogens is 1. The van der Waals surface area contributed by atoms with Crippen LogP contribution < -0.4 is 0 Å². The van der Waals surface area contributed by atoms with E-state index in [9.17, 15) is 0 Å². The third-order valence-corrected chi connectivity index (χ3v) is 2.69. The lowest BCUT2D eigenvalue weighted by Gasteiger charge is -2.00. The van der Waals surface area contributed by atoms with Gasteiger partial charge in [0.05, 0.1) is 10.5 Å². The van der Waals surface area contributed by atoms with Crippen molar-refractivity contribution in [3.63, 3.8) is 0 Å². The molecule has 0 aliphatic heterocycles. The quantitative estimate of drug-likeness (QED) is 0.654. The number of benzene rings is 1. The molecule has 0 saturated heterocycles. The first kappa shape index (κ1) is 9.25. The van der Waals surface area contributed by atoms with E-state index >= 15 is 0 Å². The molecule has 0 N–H and O–H groups in total. The molecular formula is C9H4BrCl2N. The van der Waals surface area contributed by atoms with Gasteiger partial charge in [0.25, 0.3) is 0 Å². The van der Waals surface area contributed by atoms with Gasteiger partial charge in [0, 0.05) is 9.86 Å². The molecule has 2 rings (SSSR count). The largest absolute Gasteiger partial charge is 0.236 e. The van der Waals surface area contributed by atoms with Gasteiger partial charge in [0.1, 0.15) is 5.15 Å². The fourth-order valence-corrected chi connectivity index (χ4v) is 2.00. The number of hydrogen-bond acceptors (Lipinski definition) is 1. The van der Waals surface area contributed by atoms with Gasteiger partial charge in [-0.2, -0.15) is 0 Å². The van der Waals surface area contributed by atoms with Crippen molar-refractivity contribution in [2.24, 2.45) is 0 Å². The highest BCUT2D eigenvalue weighted by atomic mass is 79.9. The van der Waals surface area contributed by atoms with E-state index < -0.39 is 0 Å². The third-order valence-electron chi connectivity index (χ3n) is 1.69. The van der Waals surface area contributed by atoms with Crippen molar-refractivity contribution in [1.29, 1.82) is 0 Å². The molecule has 0 bridgehead atoms. The summed E-state index contributed by atoms with van der Waals surface area (Å²) < 4.78 is 0.964. The van der Waals surface area contributed by atoms with E-state index in [2.05, 4.69) is 20.9 Å². The Kier molecular flexibility index (Phi) is 2.45. The number of halogens is 3. The van der Waals surface area contributed by atoms with Crippen LogP contribution in [0, 0.1) is 0 Å². The fourth-order valence-electron chi connectivity index (χ4n) is 1.13. The van der Waals surface area contributed by atoms with Gasteiger partial charge in [-0.25, -0.2) is 4.98 Å². The molecule has 13 heavy (non-hydrogen) atoms. The molecule has 2 aromatic rings. The summed E-state index contributed by atoms with van der Waals surface area (Å²) in [4.78, 5) is 4.15. The zero-order valence-corrected chi connectivity index (χ0v) is 9.49. The maximum atomic E-state index is 5.97. The molecule has 0 fully saturated rings. The molecule has 0 atom stereocenters. The van der Waals surface area contributed by atoms with E-state index in [1.54, 1.807) is 6.07 Å². The second kappa shape index (κ2) is 3.45. The second-order valence-electron chi connectivity index (χ2n) is 2.59. The summed E-state index contributed by atoms with van der Waals surface area (Å²) in [6.07, 6.45) is 0. The number of nitrogens with zero attached hydrogens (tertiary/aromatic N) is 1. The zero-order valence-electron chi connectivity index (χ0n) is 6.39. The predicted molar refractivity (Wildman–Crippen MR) is 59.5 cm³/mol. The Bertz CT molecular complexity index is 465. The van der Waals surface area contributed by atoms with Crippen molar-refractivity contribution in [3.05, 3.63) is 38.9 Å². The van der Waals surface area contributed by atoms with E-state index in [1.165, 1.54) is 0 Å². The molecule has 1 nitrogen and oxygen atoms in total. The van der Waals surface area contributed by atoms with Crippen molar-refractivity contribution in [2.45, 2.75) is 0 Å². The van der Waals surface area contributed by atoms with E-state index in [0.717, 1.165) is 15.4 Å². The Morgan fingerprint density at radius 2 is 1.92 bits per heavy atom. The second-order valence-corrected chi connectivity index (χ2v) is 4.30. The Morgan fingerprint density at radius 1 is 1.15 bits per heavy atom. The van der Waals surface area contributed by atoms with E-state index in [1.807, 2.05) is 18.2 Å². The molecule has 0 amide bonds. The highest BCUT2D eigenvalue weighted by molar-refractivity contribution is 9.10. The summed E-state index contributed by atoms with van der Waals surface area (Å²) in [6.45, 7) is 0. The van der Waals surface area contributed by atoms with Gasteiger partial charge in [-0.15, -0.1) is 0 Å². The fraction of sp³-hybridized carbons (Fsp3) is 0. The Labute approximate surface area is 93.8 Å². The molecule has 0 spiro atoms. The minimum Gasteiger partial charge on any atom is -0.236 e. The summed E-state index contributed by atoms with van der Waals surface area (Å²) in [5.74, 6) is 0. The SMILES string of the molecule is Clc1cc(Cl)c2ccc(Br)cc2n1. The number of fused-ring (bicyclic) bond motifs is 1. The number of rotatable bonds is 0. The summed E-state index contributed by atoms with van der Waals surface area (Å²) in [7, 11) is 0. The van der Waals surface area contributed by atoms with Crippen LogP contribution >= 0.6 is 39.1 Å². The lowest BCUT2D eigenvalue weighted by atomic mass is 10.2. The topological polar surface area (TPSA) is 12.9 Å². The predicted octanol–water partition coefficient (Wildman–Crippen LogP) is 4.30. The molecule has 0 aliphatic rings. The number of pyridine rings is 1. The average molecular weight is 277 g/mol. The van der Waals surface area contributed by atoms with Crippen LogP contribution in [0.4, 0.5) is 0 Å². The lowest BCUT2D eigenvalue weighted by molar-refractivity contribution is 1.41. The van der Waals surface area contributed by atoms with Crippen LogP contribution in [0.3, 0.4) is 0 Å². The van der Waals surface area contributed by atoms with Crippen LogP contribution in [-0.4, -0.2) is 4.98 Å². The smallest absolute Gasteiger partial charge is 0.131 e. The van der Waals surface area contributed by atoms with Crippen LogP contribution in [0.1, 0.15) is 0 Å². The molecule has 1 aromatic heterocycles. The first-order chi connectivity index (χ1) is 6.16. The van der Waals surface area contributed by atoms with Gasteiger partial charge in [-0.3, -0.25) is 0 Å². The molecule has 66 valence electrons. The Balaban J connectivity index is 2.86. The minimum absolute atomic E-state index is 0.413. The van der Waals surface area contributed by atoms with Crippen molar-refractivity contribution in [1.82, 2.24) is 4.98 Å². The van der Waals surface area contributed by atoms with Crippen LogP contribution in [0.25, 0.3) is 10.9 Å². The summed E-state index contributed by atoms with van der Waals surface area (Å²) in [6, 6.07) is 7.35. The molecule has 4 heteroatoms. The van der Waals surface area contributed by atoms with Gasteiger partial charge < -0.3 is 0 Å². The molecule has 0 aliphatic carbocycles. The first-order valence-electron chi connectivity index (χ1n) is 3.58. The zero-order chi connectivity index (χ0) is 9.42. The lowest BCUT2D eigenvalue weighted by Crippen LogP contribution is -1.81. The van der Waals surface area contributed by atoms with Crippen molar-refractivity contribution in [2.75, 3.05) is 0 Å². The van der Waals surface area contributed by atoms with Gasteiger partial charge in [-0.1, -0.05) is 45.2 Å². The van der Waals surface area contributed by atoms with Gasteiger partial charge in [0.15, 0.2) is 0 Å². The average Bonchev–Trinajstić information content (AvgIpc) is 2.02. The molecule has 1 aromatic carbocycles. The van der Waals surface area contributed by atoms with Gasteiger partial charge >= 0.3 is 0 Å². The third kappa shape index (κ3) is 1.80. The van der Waals surface area contributed by atoms with Gasteiger partial charge in [0.2, 0.25) is 0 Å². The van der Waals surface area contributed by atoms with E-state index in [-0.39, 0.29) is 0 Å². The normalized spacial score (nSPS) is 10.7. The summed E-state index contributed by atoms with van der Waals surface area (Å²) in [5, 5.41) is 1.95. The van der Waals surface area contributed by atoms with Crippen molar-refractivity contribution in [3.8, 4) is 0 Å². The monoisotopic (exact) mass is 275 g/mol. The molecule has 1 heterocycles. The Hall–Kier alpha value is -0.310. The summed E-state index contributed by atoms with van der Waals surface area (Å²) in [5.41, 5.74) is 0.798. The standard InChI is InChI=1S/C9H4BrCl2N/c10-5-1-2-6-7(11)4-9(12)13-8(6)3-5/h1-4H. The van der Waals surface area contributed by atoms with E-state index in [0.29, 0.717) is 10.2 Å². The highest BCUT2D eigenvalue weighted by Crippen LogP contribution is 2.27. The van der Waals surface area contributed by atoms with Crippen molar-refractivity contribution >= 4 is 50.0 Å². The van der Waals surface area contributed by atoms with Crippen LogP contribution in [0.5, 0.6) is 0 Å². The van der Waals surface area contributed by atoms with Crippen LogP contribution in [-0.2, 0) is 0 Å². The van der Waals surface area contributed by atoms with Gasteiger partial charge in [-0.05, 0) is 18.2 Å².